The second-order valence-corrected chi connectivity index (χ2v) is 8.11. The largest absolute Gasteiger partial charge is 0.454 e. The molecule has 0 aliphatic rings. The summed E-state index contributed by atoms with van der Waals surface area (Å²) in [6.07, 6.45) is 0. The van der Waals surface area contributed by atoms with E-state index in [1.54, 1.807) is 24.3 Å². The molecule has 2 N–H and O–H groups in total. The molecule has 166 valence electrons. The number of nitrogens with zero attached hydrogens (tertiary/aromatic N) is 1. The summed E-state index contributed by atoms with van der Waals surface area (Å²) in [6.45, 7) is -1.05. The van der Waals surface area contributed by atoms with Crippen molar-refractivity contribution in [3.05, 3.63) is 99.6 Å². The summed E-state index contributed by atoms with van der Waals surface area (Å²) in [6, 6.07) is 23.3. The Hall–Kier alpha value is -4.11. The summed E-state index contributed by atoms with van der Waals surface area (Å²) < 4.78 is 5.88. The molecule has 1 aromatic heterocycles. The van der Waals surface area contributed by atoms with Gasteiger partial charge in [0.05, 0.1) is 16.5 Å². The minimum Gasteiger partial charge on any atom is -0.454 e. The molecule has 0 bridgehead atoms. The summed E-state index contributed by atoms with van der Waals surface area (Å²) >= 11 is 1.49. The summed E-state index contributed by atoms with van der Waals surface area (Å²) in [4.78, 5) is 51.0. The van der Waals surface area contributed by atoms with E-state index in [-0.39, 0.29) is 10.8 Å². The van der Waals surface area contributed by atoms with Crippen molar-refractivity contribution in [3.63, 3.8) is 0 Å². The zero-order chi connectivity index (χ0) is 23.2. The van der Waals surface area contributed by atoms with Crippen LogP contribution in [-0.4, -0.2) is 28.3 Å². The van der Waals surface area contributed by atoms with Gasteiger partial charge in [-0.1, -0.05) is 54.2 Å². The fraction of sp³-hybridized carbons (Fsp3) is 0.0833. The van der Waals surface area contributed by atoms with Crippen LogP contribution < -0.4 is 16.4 Å². The van der Waals surface area contributed by atoms with E-state index in [1.807, 2.05) is 42.5 Å². The molecular formula is C24H19N3O5S. The maximum absolute atomic E-state index is 12.5. The molecule has 0 aliphatic carbocycles. The zero-order valence-corrected chi connectivity index (χ0v) is 18.1. The van der Waals surface area contributed by atoms with Gasteiger partial charge in [0.15, 0.2) is 6.61 Å². The molecule has 0 unspecified atom stereocenters. The van der Waals surface area contributed by atoms with Crippen LogP contribution in [0.4, 0.5) is 5.69 Å². The van der Waals surface area contributed by atoms with Gasteiger partial charge in [0.25, 0.3) is 17.0 Å². The van der Waals surface area contributed by atoms with E-state index in [9.17, 15) is 19.2 Å². The fourth-order valence-corrected chi connectivity index (χ4v) is 4.06. The SMILES string of the molecule is O=C(COC(=O)Cn1[nH]c(=O)c2ccccc2c1=O)Nc1ccccc1Sc1ccccc1. The lowest BCUT2D eigenvalue weighted by Crippen LogP contribution is -2.33. The van der Waals surface area contributed by atoms with Crippen molar-refractivity contribution in [3.8, 4) is 0 Å². The number of ether oxygens (including phenoxy) is 1. The van der Waals surface area contributed by atoms with Crippen LogP contribution in [0.3, 0.4) is 0 Å². The van der Waals surface area contributed by atoms with Crippen LogP contribution in [0.15, 0.2) is 98.2 Å². The number of anilines is 1. The van der Waals surface area contributed by atoms with Crippen LogP contribution >= 0.6 is 11.8 Å². The average Bonchev–Trinajstić information content (AvgIpc) is 2.83. The summed E-state index contributed by atoms with van der Waals surface area (Å²) in [7, 11) is 0. The highest BCUT2D eigenvalue weighted by molar-refractivity contribution is 7.99. The first kappa shape index (κ1) is 22.1. The molecule has 4 aromatic rings. The Bertz CT molecular complexity index is 1430. The van der Waals surface area contributed by atoms with Gasteiger partial charge in [0.2, 0.25) is 0 Å². The van der Waals surface area contributed by atoms with Crippen LogP contribution in [0.5, 0.6) is 0 Å². The second kappa shape index (κ2) is 10.0. The van der Waals surface area contributed by atoms with Gasteiger partial charge < -0.3 is 10.1 Å². The molecule has 8 nitrogen and oxygen atoms in total. The Labute approximate surface area is 192 Å². The monoisotopic (exact) mass is 461 g/mol. The van der Waals surface area contributed by atoms with Gasteiger partial charge >= 0.3 is 5.97 Å². The van der Waals surface area contributed by atoms with Crippen LogP contribution in [0.25, 0.3) is 10.8 Å². The molecule has 0 radical (unpaired) electrons. The quantitative estimate of drug-likeness (QED) is 0.410. The van der Waals surface area contributed by atoms with Crippen molar-refractivity contribution in [1.82, 2.24) is 9.78 Å². The topological polar surface area (TPSA) is 110 Å². The highest BCUT2D eigenvalue weighted by Gasteiger charge is 2.14. The van der Waals surface area contributed by atoms with Gasteiger partial charge in [0, 0.05) is 9.79 Å². The van der Waals surface area contributed by atoms with Crippen LogP contribution in [0, 0.1) is 0 Å². The van der Waals surface area contributed by atoms with Gasteiger partial charge in [-0.3, -0.25) is 24.3 Å². The fourth-order valence-electron chi connectivity index (χ4n) is 3.14. The number of carbonyl (C=O) groups excluding carboxylic acids is 2. The van der Waals surface area contributed by atoms with Gasteiger partial charge in [0.1, 0.15) is 6.54 Å². The number of para-hydroxylation sites is 1. The van der Waals surface area contributed by atoms with E-state index in [4.69, 9.17) is 4.74 Å². The van der Waals surface area contributed by atoms with Crippen molar-refractivity contribution in [2.75, 3.05) is 11.9 Å². The molecule has 4 rings (SSSR count). The number of amides is 1. The number of H-pyrrole nitrogens is 1. The number of hydrogen-bond donors (Lipinski definition) is 2. The van der Waals surface area contributed by atoms with E-state index in [0.717, 1.165) is 14.5 Å². The third-order valence-corrected chi connectivity index (χ3v) is 5.75. The number of aromatic nitrogens is 2. The Balaban J connectivity index is 1.38. The predicted molar refractivity (Wildman–Crippen MR) is 125 cm³/mol. The molecule has 1 heterocycles. The maximum atomic E-state index is 12.5. The van der Waals surface area contributed by atoms with Crippen molar-refractivity contribution >= 4 is 40.1 Å². The lowest BCUT2D eigenvalue weighted by atomic mass is 10.2. The van der Waals surface area contributed by atoms with E-state index in [2.05, 4.69) is 10.4 Å². The molecule has 0 aliphatic heterocycles. The van der Waals surface area contributed by atoms with Crippen LogP contribution in [0.1, 0.15) is 0 Å². The third-order valence-electron chi connectivity index (χ3n) is 4.67. The first-order chi connectivity index (χ1) is 16.0. The molecule has 0 fully saturated rings. The lowest BCUT2D eigenvalue weighted by Gasteiger charge is -2.11. The molecule has 0 saturated carbocycles. The Morgan fingerprint density at radius 2 is 1.55 bits per heavy atom. The molecule has 3 aromatic carbocycles. The normalized spacial score (nSPS) is 10.7. The van der Waals surface area contributed by atoms with Crippen molar-refractivity contribution in [2.45, 2.75) is 16.3 Å². The third kappa shape index (κ3) is 5.39. The first-order valence-electron chi connectivity index (χ1n) is 10.0. The lowest BCUT2D eigenvalue weighted by molar-refractivity contribution is -0.148. The first-order valence-corrected chi connectivity index (χ1v) is 10.8. The number of carbonyl (C=O) groups is 2. The molecular weight excluding hydrogens is 442 g/mol. The number of rotatable bonds is 7. The summed E-state index contributed by atoms with van der Waals surface area (Å²) in [5.41, 5.74) is -0.441. The molecule has 0 atom stereocenters. The minimum atomic E-state index is -0.829. The van der Waals surface area contributed by atoms with Gasteiger partial charge in [-0.2, -0.15) is 0 Å². The molecule has 9 heteroatoms. The van der Waals surface area contributed by atoms with E-state index in [0.29, 0.717) is 5.69 Å². The van der Waals surface area contributed by atoms with E-state index < -0.39 is 36.1 Å². The number of hydrogen-bond acceptors (Lipinski definition) is 6. The van der Waals surface area contributed by atoms with Crippen LogP contribution in [-0.2, 0) is 20.9 Å². The number of benzene rings is 3. The molecule has 33 heavy (non-hydrogen) atoms. The molecule has 0 spiro atoms. The standard InChI is InChI=1S/C24H19N3O5S/c28-21(25-19-12-6-7-13-20(19)33-16-8-2-1-3-9-16)15-32-22(29)14-27-24(31)18-11-5-4-10-17(18)23(30)26-27/h1-13H,14-15H2,(H,25,28)(H,26,30). The highest BCUT2D eigenvalue weighted by Crippen LogP contribution is 2.33. The Kier molecular flexibility index (Phi) is 6.70. The zero-order valence-electron chi connectivity index (χ0n) is 17.3. The van der Waals surface area contributed by atoms with Crippen molar-refractivity contribution < 1.29 is 14.3 Å². The molecule has 0 saturated heterocycles. The summed E-state index contributed by atoms with van der Waals surface area (Å²) in [5.74, 6) is -1.35. The summed E-state index contributed by atoms with van der Waals surface area (Å²) in [5, 5.41) is 5.51. The Morgan fingerprint density at radius 3 is 2.33 bits per heavy atom. The Morgan fingerprint density at radius 1 is 0.879 bits per heavy atom. The number of esters is 1. The van der Waals surface area contributed by atoms with Gasteiger partial charge in [-0.05, 0) is 36.4 Å². The smallest absolute Gasteiger partial charge is 0.328 e. The number of aromatic amines is 1. The predicted octanol–water partition coefficient (Wildman–Crippen LogP) is 3.02. The van der Waals surface area contributed by atoms with Crippen molar-refractivity contribution in [1.29, 1.82) is 0 Å². The van der Waals surface area contributed by atoms with Gasteiger partial charge in [-0.25, -0.2) is 4.68 Å². The van der Waals surface area contributed by atoms with Crippen LogP contribution in [0.2, 0.25) is 0 Å². The van der Waals surface area contributed by atoms with Gasteiger partial charge in [-0.15, -0.1) is 0 Å². The van der Waals surface area contributed by atoms with E-state index >= 15 is 0 Å². The van der Waals surface area contributed by atoms with Crippen molar-refractivity contribution in [2.24, 2.45) is 0 Å². The minimum absolute atomic E-state index is 0.194. The number of fused-ring (bicyclic) bond motifs is 1. The second-order valence-electron chi connectivity index (χ2n) is 7.00. The highest BCUT2D eigenvalue weighted by atomic mass is 32.2. The average molecular weight is 461 g/mol. The maximum Gasteiger partial charge on any atom is 0.328 e. The number of nitrogens with one attached hydrogen (secondary N) is 2. The van der Waals surface area contributed by atoms with E-state index in [1.165, 1.54) is 23.9 Å². The molecule has 1 amide bonds.